The third-order valence-corrected chi connectivity index (χ3v) is 24.4. The minimum Gasteiger partial charge on any atom is -0.481 e. The Hall–Kier alpha value is -3.32. The maximum absolute atomic E-state index is 13.9. The summed E-state index contributed by atoms with van der Waals surface area (Å²) in [5, 5.41) is 165. The second-order valence-corrected chi connectivity index (χ2v) is 30.4. The molecular weight excluding hydrogens is 1250 g/mol. The average molecular weight is 1350 g/mol. The van der Waals surface area contributed by atoms with E-state index in [2.05, 4.69) is 54.5 Å². The number of carbonyl (C=O) groups excluding carboxylic acids is 1. The third kappa shape index (κ3) is 12.9. The van der Waals surface area contributed by atoms with E-state index >= 15 is 0 Å². The van der Waals surface area contributed by atoms with Gasteiger partial charge in [-0.15, -0.1) is 0 Å². The van der Waals surface area contributed by atoms with Gasteiger partial charge in [-0.3, -0.25) is 4.79 Å². The zero-order chi connectivity index (χ0) is 68.8. The van der Waals surface area contributed by atoms with Gasteiger partial charge >= 0.3 is 11.9 Å². The molecule has 32 atom stereocenters. The van der Waals surface area contributed by atoms with E-state index in [0.29, 0.717) is 38.5 Å². The van der Waals surface area contributed by atoms with E-state index in [-0.39, 0.29) is 35.0 Å². The molecule has 5 saturated heterocycles. The van der Waals surface area contributed by atoms with Crippen molar-refractivity contribution in [2.75, 3.05) is 33.0 Å². The number of hydrogen-bond donors (Lipinski definition) is 15. The molecule has 9 fully saturated rings. The molecule has 1 aromatic carbocycles. The van der Waals surface area contributed by atoms with Gasteiger partial charge < -0.3 is 129 Å². The molecule has 5 heterocycles. The zero-order valence-corrected chi connectivity index (χ0v) is 54.7. The fourth-order valence-corrected chi connectivity index (χ4v) is 18.6. The van der Waals surface area contributed by atoms with Crippen molar-refractivity contribution in [1.29, 1.82) is 0 Å². The molecule has 0 radical (unpaired) electrons. The Kier molecular flexibility index (Phi) is 21.4. The minimum absolute atomic E-state index is 0.000122. The highest BCUT2D eigenvalue weighted by atomic mass is 16.8. The van der Waals surface area contributed by atoms with Crippen LogP contribution in [0.5, 0.6) is 0 Å². The number of carbonyl (C=O) groups is 2. The normalized spacial score (nSPS) is 49.7. The van der Waals surface area contributed by atoms with Crippen LogP contribution >= 0.6 is 0 Å². The highest BCUT2D eigenvalue weighted by molar-refractivity contribution is 5.87. The van der Waals surface area contributed by atoms with Crippen LogP contribution in [0.25, 0.3) is 6.08 Å². The summed E-state index contributed by atoms with van der Waals surface area (Å²) in [5.41, 5.74) is -1.36. The number of aliphatic hydroxyl groups is 14. The first-order valence-electron chi connectivity index (χ1n) is 33.5. The predicted octanol–water partition coefficient (Wildman–Crippen LogP) is -1.13. The average Bonchev–Trinajstić information content (AvgIpc) is 0.676. The minimum atomic E-state index is -2.08. The van der Waals surface area contributed by atoms with E-state index < -0.39 is 220 Å². The number of carboxylic acids is 1. The van der Waals surface area contributed by atoms with Crippen LogP contribution in [0.2, 0.25) is 0 Å². The van der Waals surface area contributed by atoms with Crippen molar-refractivity contribution in [3.8, 4) is 0 Å². The molecule has 10 aliphatic rings. The van der Waals surface area contributed by atoms with Gasteiger partial charge in [-0.1, -0.05) is 90.4 Å². The Morgan fingerprint density at radius 1 is 0.537 bits per heavy atom. The molecule has 536 valence electrons. The Labute approximate surface area is 551 Å². The monoisotopic (exact) mass is 1350 g/mol. The van der Waals surface area contributed by atoms with E-state index in [1.54, 1.807) is 6.08 Å². The molecule has 28 nitrogen and oxygen atoms in total. The number of ether oxygens (including phenoxy) is 11. The number of benzene rings is 1. The number of esters is 1. The highest BCUT2D eigenvalue weighted by Crippen LogP contribution is 2.76. The van der Waals surface area contributed by atoms with Gasteiger partial charge in [0.1, 0.15) is 116 Å². The van der Waals surface area contributed by atoms with Crippen molar-refractivity contribution in [3.63, 3.8) is 0 Å². The summed E-state index contributed by atoms with van der Waals surface area (Å²) in [6, 6.07) is 9.39. The molecule has 1 aromatic rings. The maximum atomic E-state index is 13.9. The number of aliphatic carboxylic acids is 1. The molecule has 28 heteroatoms. The van der Waals surface area contributed by atoms with Gasteiger partial charge in [-0.2, -0.15) is 0 Å². The Morgan fingerprint density at radius 3 is 1.77 bits per heavy atom. The Morgan fingerprint density at radius 2 is 1.11 bits per heavy atom. The fourth-order valence-electron chi connectivity index (χ4n) is 18.6. The number of carboxylic acid groups (broad SMARTS) is 1. The van der Waals surface area contributed by atoms with E-state index in [0.717, 1.165) is 18.4 Å². The van der Waals surface area contributed by atoms with Crippen molar-refractivity contribution < 1.29 is 138 Å². The van der Waals surface area contributed by atoms with Crippen molar-refractivity contribution >= 4 is 18.0 Å². The predicted molar refractivity (Wildman–Crippen MR) is 325 cm³/mol. The first-order chi connectivity index (χ1) is 44.8. The zero-order valence-electron chi connectivity index (χ0n) is 54.7. The number of allylic oxidation sites excluding steroid dienone is 2. The maximum Gasteiger partial charge on any atom is 0.331 e. The Bertz CT molecular complexity index is 2880. The molecule has 4 saturated carbocycles. The van der Waals surface area contributed by atoms with Gasteiger partial charge in [0.05, 0.1) is 44.6 Å². The lowest BCUT2D eigenvalue weighted by Gasteiger charge is -2.71. The Balaban J connectivity index is 0.839. The summed E-state index contributed by atoms with van der Waals surface area (Å²) in [5.74, 6) is -1.59. The van der Waals surface area contributed by atoms with Crippen molar-refractivity contribution in [2.24, 2.45) is 50.2 Å². The van der Waals surface area contributed by atoms with Crippen molar-refractivity contribution in [1.82, 2.24) is 0 Å². The molecule has 15 N–H and O–H groups in total. The van der Waals surface area contributed by atoms with Crippen molar-refractivity contribution in [2.45, 2.75) is 260 Å². The number of rotatable bonds is 17. The molecule has 11 rings (SSSR count). The van der Waals surface area contributed by atoms with Gasteiger partial charge in [0.15, 0.2) is 31.5 Å². The quantitative estimate of drug-likeness (QED) is 0.0380. The molecule has 0 amide bonds. The topological polar surface area (TPSA) is 439 Å². The van der Waals surface area contributed by atoms with Crippen LogP contribution in [0.15, 0.2) is 48.1 Å². The number of hydrogen-bond acceptors (Lipinski definition) is 27. The van der Waals surface area contributed by atoms with Crippen LogP contribution in [-0.2, 0) is 61.7 Å². The van der Waals surface area contributed by atoms with Gasteiger partial charge in [0.25, 0.3) is 0 Å². The molecule has 0 bridgehead atoms. The molecule has 0 spiro atoms. The standard InChI is InChI=1S/C67H100O28/c1-62(2)23-32-31-14-15-39-64(5)19-18-40(63(3,4)38(64)17-20-66(39,7)65(31,6)21-22-67(32,61(83)84)24-41(62)90-42(73)16-13-30-11-9-8-10-12-30)91-59-55(50(81)53(37(27-70)89-59)93-56-48(79)43(74)33(71)28-85-56)94-57-51(82)52(34(72)29-86-57)92-60-54(47(78)45(76)36(26-69)88-60)95-58-49(80)46(77)44(75)35(25-68)87-58/h8-14,16,32-41,43-60,68-72,74-82H,15,17-29H2,1-7H3,(H,83,84)/b16-13+/t32-,33+,34+,35+,36+,37+,38-,39+,40-,41-,43-,44+,45+,46-,47-,48+,49+,50-,51+,52-,53+,54+,55+,56-,57-,58-,59-,60-,64-,65+,66+,67+/m0/s1. The van der Waals surface area contributed by atoms with Crippen LogP contribution in [0.4, 0.5) is 0 Å². The lowest BCUT2D eigenvalue weighted by atomic mass is 9.33. The SMILES string of the molecule is CC1(C)C[C@H]2C3=CC[C@@H]4[C@@]5(C)CC[C@H](O[C@@H]6O[C@H](CO)[C@@H](O[C@@H]7OC[C@@H](O)[C@H](O)[C@H]7O)[C@H](O)[C@H]6O[C@@H]6OC[C@@H](O)[C@H](O[C@@H]7O[C@H](CO)[C@@H](O)[C@H](O)[C@H]7O[C@@H]7O[C@H](CO)[C@@H](O)[C@H](O)[C@H]7O)[C@H]6O)C(C)(C)[C@@H]5CC[C@@]4(C)[C@]3(C)CC[C@@]2(C(=O)O)C[C@@H]1OC(=O)/C=C/c1ccccc1. The number of aliphatic hydroxyl groups excluding tert-OH is 14. The smallest absolute Gasteiger partial charge is 0.331 e. The van der Waals surface area contributed by atoms with Gasteiger partial charge in [0.2, 0.25) is 0 Å². The lowest BCUT2D eigenvalue weighted by Crippen LogP contribution is -2.68. The van der Waals surface area contributed by atoms with E-state index in [1.165, 1.54) is 11.6 Å². The van der Waals surface area contributed by atoms with Gasteiger partial charge in [-0.25, -0.2) is 4.79 Å². The fraction of sp³-hybridized carbons (Fsp3) is 0.821. The van der Waals surface area contributed by atoms with Crippen molar-refractivity contribution in [3.05, 3.63) is 53.6 Å². The first-order valence-corrected chi connectivity index (χ1v) is 33.5. The molecular formula is C67H100O28. The summed E-state index contributed by atoms with van der Waals surface area (Å²) in [4.78, 5) is 27.3. The second-order valence-electron chi connectivity index (χ2n) is 30.4. The van der Waals surface area contributed by atoms with Crippen LogP contribution in [0.1, 0.15) is 112 Å². The number of fused-ring (bicyclic) bond motifs is 7. The molecule has 5 aliphatic carbocycles. The summed E-state index contributed by atoms with van der Waals surface area (Å²) in [7, 11) is 0. The lowest BCUT2D eigenvalue weighted by molar-refractivity contribution is -0.400. The molecule has 0 aromatic heterocycles. The van der Waals surface area contributed by atoms with Gasteiger partial charge in [-0.05, 0) is 102 Å². The largest absolute Gasteiger partial charge is 0.481 e. The van der Waals surface area contributed by atoms with E-state index in [4.69, 9.17) is 52.1 Å². The summed E-state index contributed by atoms with van der Waals surface area (Å²) < 4.78 is 67.0. The van der Waals surface area contributed by atoms with Gasteiger partial charge in [0, 0.05) is 17.9 Å². The first kappa shape index (κ1) is 72.9. The summed E-state index contributed by atoms with van der Waals surface area (Å²) in [6.07, 6.45) is -32.0. The molecule has 95 heavy (non-hydrogen) atoms. The summed E-state index contributed by atoms with van der Waals surface area (Å²) in [6.45, 7) is 11.7. The second kappa shape index (κ2) is 27.9. The molecule has 5 aliphatic heterocycles. The highest BCUT2D eigenvalue weighted by Gasteiger charge is 2.71. The van der Waals surface area contributed by atoms with Crippen LogP contribution in [0.3, 0.4) is 0 Å². The van der Waals surface area contributed by atoms with Crippen LogP contribution < -0.4 is 0 Å². The molecule has 0 unspecified atom stereocenters. The third-order valence-electron chi connectivity index (χ3n) is 24.4. The van der Waals surface area contributed by atoms with Crippen LogP contribution in [-0.4, -0.2) is 275 Å². The van der Waals surface area contributed by atoms with E-state index in [1.807, 2.05) is 30.3 Å². The van der Waals surface area contributed by atoms with Crippen LogP contribution in [0, 0.1) is 50.2 Å². The summed E-state index contributed by atoms with van der Waals surface area (Å²) >= 11 is 0. The van der Waals surface area contributed by atoms with E-state index in [9.17, 15) is 86.2 Å².